The first-order valence-electron chi connectivity index (χ1n) is 10.0. The van der Waals surface area contributed by atoms with Gasteiger partial charge in [0.05, 0.1) is 0 Å². The highest BCUT2D eigenvalue weighted by Crippen LogP contribution is 2.32. The van der Waals surface area contributed by atoms with E-state index in [9.17, 15) is 9.90 Å². The van der Waals surface area contributed by atoms with E-state index in [1.54, 1.807) is 25.1 Å². The predicted molar refractivity (Wildman–Crippen MR) is 116 cm³/mol. The fourth-order valence-electron chi connectivity index (χ4n) is 3.61. The topological polar surface area (TPSA) is 101 Å². The van der Waals surface area contributed by atoms with Gasteiger partial charge in [-0.1, -0.05) is 29.4 Å². The Balaban J connectivity index is 1.62. The molecule has 0 spiro atoms. The van der Waals surface area contributed by atoms with Gasteiger partial charge in [0.25, 0.3) is 0 Å². The van der Waals surface area contributed by atoms with Crippen molar-refractivity contribution in [1.29, 1.82) is 0 Å². The third-order valence-electron chi connectivity index (χ3n) is 5.36. The molecule has 0 amide bonds. The average Bonchev–Trinajstić information content (AvgIpc) is 3.19. The maximum atomic E-state index is 15.0. The molecule has 32 heavy (non-hydrogen) atoms. The summed E-state index contributed by atoms with van der Waals surface area (Å²) in [5.41, 5.74) is 5.12. The molecule has 0 bridgehead atoms. The molecule has 2 aromatic carbocycles. The van der Waals surface area contributed by atoms with E-state index < -0.39 is 11.6 Å². The molecule has 8 heteroatoms. The van der Waals surface area contributed by atoms with Crippen molar-refractivity contribution >= 4 is 0 Å². The molecule has 0 radical (unpaired) electrons. The van der Waals surface area contributed by atoms with E-state index in [-0.39, 0.29) is 23.9 Å². The van der Waals surface area contributed by atoms with Crippen LogP contribution in [0.2, 0.25) is 0 Å². The van der Waals surface area contributed by atoms with Crippen molar-refractivity contribution in [3.8, 4) is 22.8 Å². The molecular formula is C24H22FN3O4. The highest BCUT2D eigenvalue weighted by Gasteiger charge is 2.17. The number of H-pyrrole nitrogens is 1. The first-order valence-corrected chi connectivity index (χ1v) is 10.0. The van der Waals surface area contributed by atoms with Crippen molar-refractivity contribution in [2.45, 2.75) is 33.8 Å². The van der Waals surface area contributed by atoms with Crippen LogP contribution >= 0.6 is 0 Å². The maximum Gasteiger partial charge on any atom is 0.439 e. The Bertz CT molecular complexity index is 1340. The molecule has 0 saturated carbocycles. The van der Waals surface area contributed by atoms with Crippen LogP contribution in [-0.2, 0) is 13.0 Å². The summed E-state index contributed by atoms with van der Waals surface area (Å²) in [5, 5.41) is 13.9. The van der Waals surface area contributed by atoms with Crippen LogP contribution in [0.25, 0.3) is 11.3 Å². The van der Waals surface area contributed by atoms with Crippen LogP contribution in [0.15, 0.2) is 51.8 Å². The Morgan fingerprint density at radius 3 is 2.62 bits per heavy atom. The Morgan fingerprint density at radius 2 is 1.91 bits per heavy atom. The minimum absolute atomic E-state index is 0.0619. The summed E-state index contributed by atoms with van der Waals surface area (Å²) in [6, 6.07) is 12.6. The zero-order chi connectivity index (χ0) is 22.8. The number of nitrogens with zero attached hydrogens (tertiary/aromatic N) is 2. The van der Waals surface area contributed by atoms with Gasteiger partial charge >= 0.3 is 5.76 Å². The zero-order valence-electron chi connectivity index (χ0n) is 17.9. The van der Waals surface area contributed by atoms with Gasteiger partial charge in [-0.2, -0.15) is 0 Å². The minimum atomic E-state index is -0.696. The van der Waals surface area contributed by atoms with Crippen LogP contribution in [0.3, 0.4) is 0 Å². The standard InChI is InChI=1S/C24H22FN3O4/c1-13-6-4-5-7-17(13)23-19(29)9-8-16(26-23)11-18-14(2)10-20(22(25)15(18)3)31-12-21-27-24(30)32-28-21/h4-10,29H,11-12H2,1-3H3,(H,27,28,30). The monoisotopic (exact) mass is 435 g/mol. The number of aromatic nitrogens is 3. The van der Waals surface area contributed by atoms with Crippen molar-refractivity contribution in [1.82, 2.24) is 15.1 Å². The smallest absolute Gasteiger partial charge is 0.439 e. The third-order valence-corrected chi connectivity index (χ3v) is 5.36. The predicted octanol–water partition coefficient (Wildman–Crippen LogP) is 4.36. The van der Waals surface area contributed by atoms with Crippen molar-refractivity contribution < 1.29 is 18.8 Å². The molecule has 164 valence electrons. The van der Waals surface area contributed by atoms with Crippen LogP contribution in [0, 0.1) is 26.6 Å². The molecule has 4 aromatic rings. The molecule has 0 unspecified atom stereocenters. The lowest BCUT2D eigenvalue weighted by Crippen LogP contribution is -2.06. The van der Waals surface area contributed by atoms with E-state index in [4.69, 9.17) is 4.74 Å². The largest absolute Gasteiger partial charge is 0.506 e. The number of aryl methyl sites for hydroxylation is 2. The van der Waals surface area contributed by atoms with Gasteiger partial charge in [0.2, 0.25) is 0 Å². The van der Waals surface area contributed by atoms with Gasteiger partial charge in [0.15, 0.2) is 17.4 Å². The number of halogens is 1. The summed E-state index contributed by atoms with van der Waals surface area (Å²) >= 11 is 0. The summed E-state index contributed by atoms with van der Waals surface area (Å²) in [4.78, 5) is 18.0. The molecule has 0 aliphatic rings. The van der Waals surface area contributed by atoms with Gasteiger partial charge in [0.1, 0.15) is 18.1 Å². The van der Waals surface area contributed by atoms with Crippen LogP contribution in [0.1, 0.15) is 33.8 Å². The van der Waals surface area contributed by atoms with Crippen molar-refractivity contribution in [3.63, 3.8) is 0 Å². The normalized spacial score (nSPS) is 11.0. The lowest BCUT2D eigenvalue weighted by Gasteiger charge is -2.15. The van der Waals surface area contributed by atoms with E-state index >= 15 is 4.39 Å². The van der Waals surface area contributed by atoms with Gasteiger partial charge in [-0.15, -0.1) is 0 Å². The third kappa shape index (κ3) is 4.25. The second kappa shape index (κ2) is 8.66. The average molecular weight is 435 g/mol. The molecule has 2 N–H and O–H groups in total. The quantitative estimate of drug-likeness (QED) is 0.467. The number of hydrogen-bond acceptors (Lipinski definition) is 6. The summed E-state index contributed by atoms with van der Waals surface area (Å²) in [7, 11) is 0. The van der Waals surface area contributed by atoms with Crippen molar-refractivity contribution in [2.24, 2.45) is 0 Å². The molecule has 4 rings (SSSR count). The summed E-state index contributed by atoms with van der Waals surface area (Å²) in [6.07, 6.45) is 0.393. The summed E-state index contributed by atoms with van der Waals surface area (Å²) in [5.74, 6) is -0.859. The van der Waals surface area contributed by atoms with Crippen LogP contribution in [-0.4, -0.2) is 20.2 Å². The fraction of sp³-hybridized carbons (Fsp3) is 0.208. The fourth-order valence-corrected chi connectivity index (χ4v) is 3.61. The number of pyridine rings is 1. The van der Waals surface area contributed by atoms with E-state index in [0.29, 0.717) is 23.4 Å². The number of aromatic amines is 1. The van der Waals surface area contributed by atoms with Gasteiger partial charge in [-0.25, -0.2) is 14.2 Å². The van der Waals surface area contributed by atoms with Crippen LogP contribution in [0.5, 0.6) is 11.5 Å². The van der Waals surface area contributed by atoms with E-state index in [1.807, 2.05) is 38.1 Å². The second-order valence-electron chi connectivity index (χ2n) is 7.60. The Morgan fingerprint density at radius 1 is 1.12 bits per heavy atom. The van der Waals surface area contributed by atoms with Gasteiger partial charge in [0, 0.05) is 17.7 Å². The number of nitrogens with one attached hydrogen (secondary N) is 1. The first kappa shape index (κ1) is 21.3. The van der Waals surface area contributed by atoms with Crippen molar-refractivity contribution in [2.75, 3.05) is 0 Å². The Kier molecular flexibility index (Phi) is 5.77. The molecular weight excluding hydrogens is 413 g/mol. The van der Waals surface area contributed by atoms with Gasteiger partial charge in [-0.3, -0.25) is 9.51 Å². The number of ether oxygens (including phenoxy) is 1. The SMILES string of the molecule is Cc1ccccc1-c1nc(Cc2c(C)cc(OCc3noc(=O)[nH]3)c(F)c2C)ccc1O. The van der Waals surface area contributed by atoms with Gasteiger partial charge in [-0.05, 0) is 61.2 Å². The number of hydrogen-bond donors (Lipinski definition) is 2. The zero-order valence-corrected chi connectivity index (χ0v) is 17.9. The number of benzene rings is 2. The van der Waals surface area contributed by atoms with Crippen LogP contribution < -0.4 is 10.5 Å². The molecule has 0 saturated heterocycles. The number of aromatic hydroxyl groups is 1. The molecule has 2 aromatic heterocycles. The van der Waals surface area contributed by atoms with E-state index in [1.165, 1.54) is 0 Å². The molecule has 2 heterocycles. The van der Waals surface area contributed by atoms with E-state index in [0.717, 1.165) is 22.3 Å². The molecule has 0 aliphatic heterocycles. The van der Waals surface area contributed by atoms with Gasteiger partial charge < -0.3 is 9.84 Å². The number of rotatable bonds is 6. The molecule has 0 fully saturated rings. The Hall–Kier alpha value is -3.94. The second-order valence-corrected chi connectivity index (χ2v) is 7.60. The molecule has 0 atom stereocenters. The lowest BCUT2D eigenvalue weighted by molar-refractivity contribution is 0.271. The highest BCUT2D eigenvalue weighted by molar-refractivity contribution is 5.69. The Labute approximate surface area is 183 Å². The summed E-state index contributed by atoms with van der Waals surface area (Å²) < 4.78 is 24.9. The minimum Gasteiger partial charge on any atom is -0.506 e. The molecule has 0 aliphatic carbocycles. The first-order chi connectivity index (χ1) is 15.3. The highest BCUT2D eigenvalue weighted by atomic mass is 19.1. The van der Waals surface area contributed by atoms with Crippen LogP contribution in [0.4, 0.5) is 4.39 Å². The molecule has 7 nitrogen and oxygen atoms in total. The lowest BCUT2D eigenvalue weighted by atomic mass is 9.96. The summed E-state index contributed by atoms with van der Waals surface area (Å²) in [6.45, 7) is 5.39. The van der Waals surface area contributed by atoms with Crippen molar-refractivity contribution in [3.05, 3.63) is 92.6 Å². The maximum absolute atomic E-state index is 15.0. The van der Waals surface area contributed by atoms with E-state index in [2.05, 4.69) is 19.6 Å².